The fourth-order valence-corrected chi connectivity index (χ4v) is 2.70. The molecule has 1 atom stereocenters. The van der Waals surface area contributed by atoms with Crippen molar-refractivity contribution in [2.45, 2.75) is 32.4 Å². The molecule has 110 valence electrons. The monoisotopic (exact) mass is 309 g/mol. The summed E-state index contributed by atoms with van der Waals surface area (Å²) in [4.78, 5) is 17.9. The van der Waals surface area contributed by atoms with E-state index >= 15 is 0 Å². The van der Waals surface area contributed by atoms with Gasteiger partial charge in [0.1, 0.15) is 11.9 Å². The van der Waals surface area contributed by atoms with Gasteiger partial charge in [0, 0.05) is 18.0 Å². The minimum Gasteiger partial charge on any atom is -0.337 e. The van der Waals surface area contributed by atoms with Gasteiger partial charge in [-0.05, 0) is 31.0 Å². The van der Waals surface area contributed by atoms with Crippen molar-refractivity contribution in [2.75, 3.05) is 0 Å². The Bertz CT molecular complexity index is 689. The van der Waals surface area contributed by atoms with E-state index < -0.39 is 5.82 Å². The van der Waals surface area contributed by atoms with Gasteiger partial charge in [0.05, 0.1) is 0 Å². The molecule has 1 amide bonds. The SMILES string of the molecule is Cc1noc(C2CCC(=O)N2Cc2ccc(F)cc2Cl)n1. The van der Waals surface area contributed by atoms with Crippen molar-refractivity contribution in [3.05, 3.63) is 46.3 Å². The molecule has 1 aliphatic heterocycles. The Morgan fingerprint density at radius 3 is 3.00 bits per heavy atom. The maximum absolute atomic E-state index is 13.1. The molecule has 1 aromatic carbocycles. The number of aromatic nitrogens is 2. The Morgan fingerprint density at radius 1 is 1.52 bits per heavy atom. The molecule has 21 heavy (non-hydrogen) atoms. The number of nitrogens with zero attached hydrogens (tertiary/aromatic N) is 3. The van der Waals surface area contributed by atoms with E-state index in [2.05, 4.69) is 10.1 Å². The minimum absolute atomic E-state index is 0.00348. The van der Waals surface area contributed by atoms with Gasteiger partial charge < -0.3 is 9.42 Å². The van der Waals surface area contributed by atoms with Crippen molar-refractivity contribution < 1.29 is 13.7 Å². The summed E-state index contributed by atoms with van der Waals surface area (Å²) in [6, 6.07) is 3.90. The van der Waals surface area contributed by atoms with Gasteiger partial charge in [-0.25, -0.2) is 4.39 Å². The van der Waals surface area contributed by atoms with Crippen molar-refractivity contribution >= 4 is 17.5 Å². The van der Waals surface area contributed by atoms with E-state index in [4.69, 9.17) is 16.1 Å². The Hall–Kier alpha value is -1.95. The molecule has 1 unspecified atom stereocenters. The first kappa shape index (κ1) is 14.0. The summed E-state index contributed by atoms with van der Waals surface area (Å²) in [5, 5.41) is 4.06. The molecule has 0 saturated carbocycles. The van der Waals surface area contributed by atoms with Gasteiger partial charge in [0.2, 0.25) is 11.8 Å². The predicted molar refractivity (Wildman–Crippen MR) is 73.0 cm³/mol. The minimum atomic E-state index is -0.402. The van der Waals surface area contributed by atoms with E-state index in [0.29, 0.717) is 41.7 Å². The Kier molecular flexibility index (Phi) is 3.63. The van der Waals surface area contributed by atoms with Crippen LogP contribution < -0.4 is 0 Å². The highest BCUT2D eigenvalue weighted by Crippen LogP contribution is 2.34. The molecule has 0 bridgehead atoms. The molecule has 0 aliphatic carbocycles. The summed E-state index contributed by atoms with van der Waals surface area (Å²) in [7, 11) is 0. The van der Waals surface area contributed by atoms with Crippen molar-refractivity contribution in [3.8, 4) is 0 Å². The lowest BCUT2D eigenvalue weighted by Gasteiger charge is -2.22. The number of halogens is 2. The summed E-state index contributed by atoms with van der Waals surface area (Å²) in [6.45, 7) is 2.02. The van der Waals surface area contributed by atoms with E-state index in [-0.39, 0.29) is 11.9 Å². The maximum atomic E-state index is 13.1. The van der Waals surface area contributed by atoms with Crippen LogP contribution in [0.2, 0.25) is 5.02 Å². The highest BCUT2D eigenvalue weighted by molar-refractivity contribution is 6.31. The maximum Gasteiger partial charge on any atom is 0.249 e. The number of rotatable bonds is 3. The number of carbonyl (C=O) groups is 1. The van der Waals surface area contributed by atoms with Gasteiger partial charge >= 0.3 is 0 Å². The Morgan fingerprint density at radius 2 is 2.33 bits per heavy atom. The molecule has 0 spiro atoms. The topological polar surface area (TPSA) is 59.2 Å². The lowest BCUT2D eigenvalue weighted by atomic mass is 10.1. The highest BCUT2D eigenvalue weighted by atomic mass is 35.5. The Labute approximate surface area is 125 Å². The molecule has 1 saturated heterocycles. The van der Waals surface area contributed by atoms with Crippen LogP contribution in [0.25, 0.3) is 0 Å². The highest BCUT2D eigenvalue weighted by Gasteiger charge is 2.35. The lowest BCUT2D eigenvalue weighted by molar-refractivity contribution is -0.129. The number of aryl methyl sites for hydroxylation is 1. The standard InChI is InChI=1S/C14H13ClFN3O2/c1-8-17-14(21-18-8)12-4-5-13(20)19(12)7-9-2-3-10(16)6-11(9)15/h2-3,6,12H,4-5,7H2,1H3. The summed E-state index contributed by atoms with van der Waals surface area (Å²) in [5.74, 6) is 0.553. The first-order chi connectivity index (χ1) is 10.0. The smallest absolute Gasteiger partial charge is 0.249 e. The van der Waals surface area contributed by atoms with Gasteiger partial charge in [0.25, 0.3) is 0 Å². The molecular formula is C14H13ClFN3O2. The second-order valence-corrected chi connectivity index (χ2v) is 5.40. The zero-order valence-corrected chi connectivity index (χ0v) is 12.1. The third-order valence-corrected chi connectivity index (χ3v) is 3.86. The molecule has 0 N–H and O–H groups in total. The van der Waals surface area contributed by atoms with Crippen LogP contribution in [0.4, 0.5) is 4.39 Å². The number of carbonyl (C=O) groups excluding carboxylic acids is 1. The molecule has 1 aliphatic rings. The molecule has 1 aromatic heterocycles. The largest absolute Gasteiger partial charge is 0.337 e. The first-order valence-corrected chi connectivity index (χ1v) is 6.96. The van der Waals surface area contributed by atoms with Crippen molar-refractivity contribution in [1.82, 2.24) is 15.0 Å². The molecule has 3 rings (SSSR count). The van der Waals surface area contributed by atoms with E-state index in [1.54, 1.807) is 17.9 Å². The van der Waals surface area contributed by atoms with Gasteiger partial charge in [0.15, 0.2) is 5.82 Å². The Balaban J connectivity index is 1.86. The van der Waals surface area contributed by atoms with Crippen LogP contribution in [0, 0.1) is 12.7 Å². The van der Waals surface area contributed by atoms with Gasteiger partial charge in [-0.2, -0.15) is 4.98 Å². The van der Waals surface area contributed by atoms with Gasteiger partial charge in [-0.1, -0.05) is 22.8 Å². The van der Waals surface area contributed by atoms with Crippen molar-refractivity contribution in [1.29, 1.82) is 0 Å². The number of hydrogen-bond donors (Lipinski definition) is 0. The van der Waals surface area contributed by atoms with Crippen LogP contribution in [-0.4, -0.2) is 20.9 Å². The molecule has 2 heterocycles. The lowest BCUT2D eigenvalue weighted by Crippen LogP contribution is -2.27. The average molecular weight is 310 g/mol. The molecular weight excluding hydrogens is 297 g/mol. The quantitative estimate of drug-likeness (QED) is 0.874. The van der Waals surface area contributed by atoms with E-state index in [1.807, 2.05) is 0 Å². The average Bonchev–Trinajstić information content (AvgIpc) is 3.00. The van der Waals surface area contributed by atoms with Crippen LogP contribution in [0.5, 0.6) is 0 Å². The zero-order chi connectivity index (χ0) is 15.0. The number of amides is 1. The molecule has 0 radical (unpaired) electrons. The second-order valence-electron chi connectivity index (χ2n) is 4.99. The van der Waals surface area contributed by atoms with E-state index in [9.17, 15) is 9.18 Å². The van der Waals surface area contributed by atoms with E-state index in [1.165, 1.54) is 12.1 Å². The second kappa shape index (κ2) is 5.44. The van der Waals surface area contributed by atoms with E-state index in [0.717, 1.165) is 0 Å². The molecule has 2 aromatic rings. The fraction of sp³-hybridized carbons (Fsp3) is 0.357. The third kappa shape index (κ3) is 2.76. The number of benzene rings is 1. The van der Waals surface area contributed by atoms with Crippen LogP contribution in [-0.2, 0) is 11.3 Å². The summed E-state index contributed by atoms with van der Waals surface area (Å²) >= 11 is 6.02. The zero-order valence-electron chi connectivity index (χ0n) is 11.3. The number of likely N-dealkylation sites (tertiary alicyclic amines) is 1. The summed E-state index contributed by atoms with van der Waals surface area (Å²) in [5.41, 5.74) is 0.689. The molecule has 7 heteroatoms. The fourth-order valence-electron chi connectivity index (χ4n) is 2.47. The van der Waals surface area contributed by atoms with Gasteiger partial charge in [-0.3, -0.25) is 4.79 Å². The van der Waals surface area contributed by atoms with Crippen molar-refractivity contribution in [2.24, 2.45) is 0 Å². The third-order valence-electron chi connectivity index (χ3n) is 3.51. The van der Waals surface area contributed by atoms with Gasteiger partial charge in [-0.15, -0.1) is 0 Å². The first-order valence-electron chi connectivity index (χ1n) is 6.58. The van der Waals surface area contributed by atoms with Crippen LogP contribution in [0.3, 0.4) is 0 Å². The van der Waals surface area contributed by atoms with Crippen LogP contribution in [0.15, 0.2) is 22.7 Å². The van der Waals surface area contributed by atoms with Crippen LogP contribution in [0.1, 0.15) is 36.2 Å². The molecule has 1 fully saturated rings. The van der Waals surface area contributed by atoms with Crippen molar-refractivity contribution in [3.63, 3.8) is 0 Å². The molecule has 5 nitrogen and oxygen atoms in total. The van der Waals surface area contributed by atoms with Crippen LogP contribution >= 0.6 is 11.6 Å². The normalized spacial score (nSPS) is 18.5. The summed E-state index contributed by atoms with van der Waals surface area (Å²) in [6.07, 6.45) is 1.05. The number of hydrogen-bond acceptors (Lipinski definition) is 4. The summed E-state index contributed by atoms with van der Waals surface area (Å²) < 4.78 is 18.2. The predicted octanol–water partition coefficient (Wildman–Crippen LogP) is 3.03.